The van der Waals surface area contributed by atoms with E-state index in [1.54, 1.807) is 27.7 Å². The van der Waals surface area contributed by atoms with Gasteiger partial charge in [0.1, 0.15) is 16.7 Å². The third-order valence-electron chi connectivity index (χ3n) is 3.01. The molecule has 0 unspecified atom stereocenters. The Morgan fingerprint density at radius 2 is 1.47 bits per heavy atom. The highest BCUT2D eigenvalue weighted by Crippen LogP contribution is 2.37. The number of carbonyl (C=O) groups is 1. The summed E-state index contributed by atoms with van der Waals surface area (Å²) < 4.78 is 28.3. The number of halogens is 3. The number of primary amides is 1. The van der Waals surface area contributed by atoms with Crippen LogP contribution in [-0.2, 0) is 11.2 Å². The van der Waals surface area contributed by atoms with Crippen molar-refractivity contribution in [1.82, 2.24) is 0 Å². The molecule has 1 rings (SSSR count). The smallest absolute Gasteiger partial charge is 0.221 e. The molecular weight excluding hydrogens is 272 g/mol. The minimum absolute atomic E-state index is 0.188. The van der Waals surface area contributed by atoms with Gasteiger partial charge in [0.15, 0.2) is 0 Å². The van der Waals surface area contributed by atoms with Crippen LogP contribution >= 0.6 is 11.6 Å². The van der Waals surface area contributed by atoms with Crippen LogP contribution in [0.1, 0.15) is 56.2 Å². The largest absolute Gasteiger partial charge is 0.369 e. The number of nitrogens with two attached hydrogens (primary N) is 1. The van der Waals surface area contributed by atoms with Crippen LogP contribution in [-0.4, -0.2) is 5.91 Å². The van der Waals surface area contributed by atoms with Crippen molar-refractivity contribution in [2.75, 3.05) is 0 Å². The number of carbonyl (C=O) groups excluding carboxylic acids is 1. The molecule has 0 aliphatic rings. The van der Waals surface area contributed by atoms with Gasteiger partial charge >= 0.3 is 0 Å². The molecule has 1 aromatic carbocycles. The van der Waals surface area contributed by atoms with Crippen LogP contribution in [0.3, 0.4) is 0 Å². The van der Waals surface area contributed by atoms with E-state index in [-0.39, 0.29) is 29.4 Å². The summed E-state index contributed by atoms with van der Waals surface area (Å²) in [5.74, 6) is -2.65. The predicted molar refractivity (Wildman–Crippen MR) is 72.4 cm³/mol. The van der Waals surface area contributed by atoms with Crippen LogP contribution in [0, 0.1) is 11.6 Å². The van der Waals surface area contributed by atoms with Gasteiger partial charge in [-0.25, -0.2) is 8.78 Å². The zero-order valence-electron chi connectivity index (χ0n) is 11.5. The molecule has 1 amide bonds. The zero-order valence-corrected chi connectivity index (χ0v) is 12.2. The van der Waals surface area contributed by atoms with Gasteiger partial charge in [0.05, 0.1) is 6.42 Å². The van der Waals surface area contributed by atoms with Crippen molar-refractivity contribution >= 4 is 17.5 Å². The minimum atomic E-state index is -0.796. The molecule has 0 saturated carbocycles. The Kier molecular flexibility index (Phi) is 4.91. The molecule has 2 nitrogen and oxygen atoms in total. The van der Waals surface area contributed by atoms with Crippen LogP contribution in [0.2, 0.25) is 5.02 Å². The summed E-state index contributed by atoms with van der Waals surface area (Å²) in [5, 5.41) is -0.513. The molecule has 5 heteroatoms. The van der Waals surface area contributed by atoms with Gasteiger partial charge in [0, 0.05) is 0 Å². The van der Waals surface area contributed by atoms with E-state index in [1.165, 1.54) is 0 Å². The van der Waals surface area contributed by atoms with Crippen molar-refractivity contribution in [2.45, 2.75) is 46.0 Å². The lowest BCUT2D eigenvalue weighted by Gasteiger charge is -2.21. The second kappa shape index (κ2) is 5.87. The van der Waals surface area contributed by atoms with Gasteiger partial charge in [-0.3, -0.25) is 4.79 Å². The fraction of sp³-hybridized carbons (Fsp3) is 0.500. The molecule has 0 atom stereocenters. The first-order valence-corrected chi connectivity index (χ1v) is 6.53. The Morgan fingerprint density at radius 1 is 1.11 bits per heavy atom. The van der Waals surface area contributed by atoms with E-state index in [0.29, 0.717) is 5.56 Å². The number of amides is 1. The van der Waals surface area contributed by atoms with Crippen LogP contribution < -0.4 is 5.73 Å². The van der Waals surface area contributed by atoms with Gasteiger partial charge < -0.3 is 5.73 Å². The fourth-order valence-corrected chi connectivity index (χ4v) is 2.51. The highest BCUT2D eigenvalue weighted by molar-refractivity contribution is 6.31. The van der Waals surface area contributed by atoms with E-state index >= 15 is 0 Å². The van der Waals surface area contributed by atoms with Crippen molar-refractivity contribution in [2.24, 2.45) is 5.73 Å². The molecular formula is C14H18ClF2NO. The maximum Gasteiger partial charge on any atom is 0.221 e. The number of benzene rings is 1. The first-order chi connectivity index (χ1) is 8.68. The molecule has 0 radical (unpaired) electrons. The Bertz CT molecular complexity index is 478. The lowest BCUT2D eigenvalue weighted by molar-refractivity contribution is -0.117. The van der Waals surface area contributed by atoms with Gasteiger partial charge in [-0.15, -0.1) is 0 Å². The number of hydrogen-bond acceptors (Lipinski definition) is 1. The molecule has 0 bridgehead atoms. The predicted octanol–water partition coefficient (Wildman–Crippen LogP) is 3.89. The number of rotatable bonds is 4. The minimum Gasteiger partial charge on any atom is -0.369 e. The molecule has 0 heterocycles. The van der Waals surface area contributed by atoms with Crippen molar-refractivity contribution in [3.63, 3.8) is 0 Å². The molecule has 106 valence electrons. The third kappa shape index (κ3) is 3.06. The Balaban J connectivity index is 3.74. The second-order valence-electron chi connectivity index (χ2n) is 5.20. The topological polar surface area (TPSA) is 43.1 Å². The van der Waals surface area contributed by atoms with Crippen LogP contribution in [0.25, 0.3) is 0 Å². The maximum atomic E-state index is 14.1. The Hall–Kier alpha value is -1.16. The van der Waals surface area contributed by atoms with Crippen molar-refractivity contribution in [1.29, 1.82) is 0 Å². The molecule has 0 aliphatic carbocycles. The Morgan fingerprint density at radius 3 is 1.74 bits per heavy atom. The van der Waals surface area contributed by atoms with Gasteiger partial charge in [0.25, 0.3) is 0 Å². The van der Waals surface area contributed by atoms with Gasteiger partial charge in [-0.05, 0) is 28.5 Å². The van der Waals surface area contributed by atoms with Crippen LogP contribution in [0.15, 0.2) is 0 Å². The molecule has 0 fully saturated rings. The fourth-order valence-electron chi connectivity index (χ4n) is 2.31. The van der Waals surface area contributed by atoms with Crippen molar-refractivity contribution in [3.05, 3.63) is 33.3 Å². The molecule has 0 aromatic heterocycles. The standard InChI is InChI=1S/C14H18ClF2NO/c1-6(2)10-8(5-9(18)19)11(7(3)4)14(17)12(15)13(10)16/h6-7H,5H2,1-4H3,(H2,18,19). The highest BCUT2D eigenvalue weighted by atomic mass is 35.5. The van der Waals surface area contributed by atoms with E-state index in [1.807, 2.05) is 0 Å². The van der Waals surface area contributed by atoms with Crippen molar-refractivity contribution in [3.8, 4) is 0 Å². The highest BCUT2D eigenvalue weighted by Gasteiger charge is 2.27. The second-order valence-corrected chi connectivity index (χ2v) is 5.58. The number of hydrogen-bond donors (Lipinski definition) is 1. The zero-order chi connectivity index (χ0) is 14.9. The molecule has 0 spiro atoms. The monoisotopic (exact) mass is 289 g/mol. The quantitative estimate of drug-likeness (QED) is 0.840. The molecule has 0 aliphatic heterocycles. The van der Waals surface area contributed by atoms with E-state index < -0.39 is 22.6 Å². The summed E-state index contributed by atoms with van der Waals surface area (Å²) >= 11 is 5.72. The normalized spacial score (nSPS) is 11.4. The summed E-state index contributed by atoms with van der Waals surface area (Å²) in [5.41, 5.74) is 6.06. The summed E-state index contributed by atoms with van der Waals surface area (Å²) in [7, 11) is 0. The molecule has 19 heavy (non-hydrogen) atoms. The van der Waals surface area contributed by atoms with Crippen LogP contribution in [0.5, 0.6) is 0 Å². The molecule has 1 aromatic rings. The van der Waals surface area contributed by atoms with E-state index in [4.69, 9.17) is 17.3 Å². The summed E-state index contributed by atoms with van der Waals surface area (Å²) in [6.45, 7) is 7.06. The van der Waals surface area contributed by atoms with Gasteiger partial charge in [-0.1, -0.05) is 39.3 Å². The summed E-state index contributed by atoms with van der Waals surface area (Å²) in [6, 6.07) is 0. The van der Waals surface area contributed by atoms with E-state index in [0.717, 1.165) is 0 Å². The van der Waals surface area contributed by atoms with Crippen molar-refractivity contribution < 1.29 is 13.6 Å². The molecule has 0 saturated heterocycles. The SMILES string of the molecule is CC(C)c1c(F)c(Cl)c(F)c(C(C)C)c1CC(N)=O. The van der Waals surface area contributed by atoms with Gasteiger partial charge in [0.2, 0.25) is 5.91 Å². The van der Waals surface area contributed by atoms with E-state index in [2.05, 4.69) is 0 Å². The molecule has 2 N–H and O–H groups in total. The third-order valence-corrected chi connectivity index (χ3v) is 3.35. The summed E-state index contributed by atoms with van der Waals surface area (Å²) in [6.07, 6.45) is -0.188. The first kappa shape index (κ1) is 15.9. The summed E-state index contributed by atoms with van der Waals surface area (Å²) in [4.78, 5) is 11.2. The van der Waals surface area contributed by atoms with Crippen LogP contribution in [0.4, 0.5) is 8.78 Å². The lowest BCUT2D eigenvalue weighted by atomic mass is 9.86. The lowest BCUT2D eigenvalue weighted by Crippen LogP contribution is -2.19. The first-order valence-electron chi connectivity index (χ1n) is 6.15. The van der Waals surface area contributed by atoms with E-state index in [9.17, 15) is 13.6 Å². The average Bonchev–Trinajstić information content (AvgIpc) is 2.24. The maximum absolute atomic E-state index is 14.1. The average molecular weight is 290 g/mol. The van der Waals surface area contributed by atoms with Gasteiger partial charge in [-0.2, -0.15) is 0 Å². The Labute approximate surface area is 116 Å².